The highest BCUT2D eigenvalue weighted by Crippen LogP contribution is 2.39. The number of fused-ring (bicyclic) bond motifs is 2. The number of nitrogens with zero attached hydrogens (tertiary/aromatic N) is 1. The number of anilines is 1. The van der Waals surface area contributed by atoms with Crippen LogP contribution < -0.4 is 5.32 Å². The topological polar surface area (TPSA) is 86.7 Å². The molecule has 0 saturated heterocycles. The number of rotatable bonds is 2. The van der Waals surface area contributed by atoms with Gasteiger partial charge in [0.2, 0.25) is 15.9 Å². The van der Waals surface area contributed by atoms with Gasteiger partial charge in [-0.3, -0.25) is 4.79 Å². The number of sulfonamides is 1. The number of aliphatic hydroxyl groups excluding tert-OH is 1. The van der Waals surface area contributed by atoms with E-state index in [-0.39, 0.29) is 4.90 Å². The number of hydrogen-bond donors (Lipinski definition) is 2. The molecule has 3 aromatic carbocycles. The van der Waals surface area contributed by atoms with Gasteiger partial charge >= 0.3 is 0 Å². The molecular weight excluding hydrogens is 388 g/mol. The largest absolute Gasteiger partial charge is 0.376 e. The number of hydrogen-bond acceptors (Lipinski definition) is 4. The first-order valence-electron chi connectivity index (χ1n) is 9.44. The molecule has 0 fully saturated rings. The van der Waals surface area contributed by atoms with Gasteiger partial charge in [0.15, 0.2) is 0 Å². The second-order valence-corrected chi connectivity index (χ2v) is 8.47. The maximum absolute atomic E-state index is 12.9. The van der Waals surface area contributed by atoms with Crippen LogP contribution in [0.2, 0.25) is 0 Å². The van der Waals surface area contributed by atoms with E-state index < -0.39 is 28.1 Å². The summed E-state index contributed by atoms with van der Waals surface area (Å²) in [7, 11) is -2.62. The lowest BCUT2D eigenvalue weighted by Gasteiger charge is -2.35. The van der Waals surface area contributed by atoms with Crippen molar-refractivity contribution < 1.29 is 18.3 Å². The lowest BCUT2D eigenvalue weighted by molar-refractivity contribution is -0.122. The molecule has 1 aliphatic rings. The van der Waals surface area contributed by atoms with Gasteiger partial charge in [-0.15, -0.1) is 0 Å². The number of carbonyl (C=O) groups is 1. The minimum Gasteiger partial charge on any atom is -0.376 e. The number of likely N-dealkylation sites (N-methyl/N-ethyl adjacent to an activating group) is 1. The summed E-state index contributed by atoms with van der Waals surface area (Å²) in [6, 6.07) is 19.4. The van der Waals surface area contributed by atoms with Gasteiger partial charge in [-0.25, -0.2) is 8.42 Å². The van der Waals surface area contributed by atoms with Gasteiger partial charge in [0, 0.05) is 12.7 Å². The molecule has 1 amide bonds. The fourth-order valence-electron chi connectivity index (χ4n) is 3.39. The van der Waals surface area contributed by atoms with E-state index in [0.29, 0.717) is 11.3 Å². The van der Waals surface area contributed by atoms with Crippen molar-refractivity contribution in [3.63, 3.8) is 0 Å². The zero-order valence-electron chi connectivity index (χ0n) is 16.5. The minimum atomic E-state index is -3.90. The normalized spacial score (nSPS) is 20.3. The first kappa shape index (κ1) is 21.0. The molecule has 0 bridgehead atoms. The predicted octanol–water partition coefficient (Wildman–Crippen LogP) is 3.54. The highest BCUT2D eigenvalue weighted by atomic mass is 32.2. The Morgan fingerprint density at radius 3 is 2.14 bits per heavy atom. The van der Waals surface area contributed by atoms with E-state index in [1.165, 1.54) is 7.05 Å². The number of carbonyl (C=O) groups excluding carboxylic acids is 1. The first-order valence-corrected chi connectivity index (χ1v) is 10.9. The number of aliphatic hydroxyl groups is 1. The summed E-state index contributed by atoms with van der Waals surface area (Å²) < 4.78 is 26.5. The van der Waals surface area contributed by atoms with Gasteiger partial charge in [-0.1, -0.05) is 56.3 Å². The molecule has 3 aromatic rings. The highest BCUT2D eigenvalue weighted by Gasteiger charge is 2.45. The molecule has 0 saturated carbocycles. The van der Waals surface area contributed by atoms with E-state index in [9.17, 15) is 18.3 Å². The summed E-state index contributed by atoms with van der Waals surface area (Å²) in [5.74, 6) is -1.51. The van der Waals surface area contributed by atoms with Crippen molar-refractivity contribution in [1.82, 2.24) is 4.31 Å². The molecule has 4 rings (SSSR count). The third-order valence-electron chi connectivity index (χ3n) is 4.86. The number of benzene rings is 3. The Morgan fingerprint density at radius 1 is 0.966 bits per heavy atom. The zero-order chi connectivity index (χ0) is 21.2. The molecule has 0 aliphatic carbocycles. The van der Waals surface area contributed by atoms with Crippen LogP contribution in [0, 0.1) is 0 Å². The zero-order valence-corrected chi connectivity index (χ0v) is 17.3. The summed E-state index contributed by atoms with van der Waals surface area (Å²) in [4.78, 5) is 13.0. The Morgan fingerprint density at radius 2 is 1.52 bits per heavy atom. The van der Waals surface area contributed by atoms with E-state index in [1.54, 1.807) is 36.4 Å². The van der Waals surface area contributed by atoms with Crippen LogP contribution in [-0.2, 0) is 14.8 Å². The van der Waals surface area contributed by atoms with Crippen LogP contribution in [0.1, 0.15) is 25.3 Å². The van der Waals surface area contributed by atoms with E-state index in [1.807, 2.05) is 44.2 Å². The van der Waals surface area contributed by atoms with Crippen molar-refractivity contribution >= 4 is 32.4 Å². The van der Waals surface area contributed by atoms with Crippen LogP contribution in [-0.4, -0.2) is 37.0 Å². The van der Waals surface area contributed by atoms with Gasteiger partial charge < -0.3 is 10.4 Å². The Bertz CT molecular complexity index is 1130. The summed E-state index contributed by atoms with van der Waals surface area (Å²) in [5, 5.41) is 14.9. The SMILES string of the molecule is CC.CN1C(O)C(C(=O)Nc2ccccc2)c2cc3ccccc3cc2S1(=O)=O. The molecule has 2 atom stereocenters. The standard InChI is InChI=1S/C20H18N2O4S.C2H6/c1-22-20(24)18(19(23)21-15-9-3-2-4-10-15)16-11-13-7-5-6-8-14(13)12-17(16)27(22,25)26;1-2/h2-12,18,20,24H,1H3,(H,21,23);1-2H3. The molecule has 6 nitrogen and oxygen atoms in total. The van der Waals surface area contributed by atoms with Crippen LogP contribution >= 0.6 is 0 Å². The third-order valence-corrected chi connectivity index (χ3v) is 6.75. The predicted molar refractivity (Wildman–Crippen MR) is 114 cm³/mol. The van der Waals surface area contributed by atoms with Crippen LogP contribution in [0.4, 0.5) is 5.69 Å². The van der Waals surface area contributed by atoms with Crippen molar-refractivity contribution in [3.05, 3.63) is 72.3 Å². The fraction of sp³-hybridized carbons (Fsp3) is 0.227. The number of nitrogens with one attached hydrogen (secondary N) is 1. The lowest BCUT2D eigenvalue weighted by atomic mass is 9.93. The number of amides is 1. The van der Waals surface area contributed by atoms with E-state index in [2.05, 4.69) is 5.32 Å². The van der Waals surface area contributed by atoms with Gasteiger partial charge in [0.25, 0.3) is 0 Å². The van der Waals surface area contributed by atoms with Crippen LogP contribution in [0.5, 0.6) is 0 Å². The Kier molecular flexibility index (Phi) is 6.02. The second kappa shape index (κ2) is 8.32. The van der Waals surface area contributed by atoms with Gasteiger partial charge in [0.05, 0.1) is 4.90 Å². The lowest BCUT2D eigenvalue weighted by Crippen LogP contribution is -2.48. The Balaban J connectivity index is 0.00000117. The summed E-state index contributed by atoms with van der Waals surface area (Å²) >= 11 is 0. The van der Waals surface area contributed by atoms with Crippen molar-refractivity contribution in [3.8, 4) is 0 Å². The van der Waals surface area contributed by atoms with Crippen molar-refractivity contribution in [2.24, 2.45) is 0 Å². The fourth-order valence-corrected chi connectivity index (χ4v) is 4.87. The van der Waals surface area contributed by atoms with Gasteiger partial charge in [0.1, 0.15) is 12.1 Å². The maximum Gasteiger partial charge on any atom is 0.245 e. The van der Waals surface area contributed by atoms with E-state index in [4.69, 9.17) is 0 Å². The molecule has 0 radical (unpaired) electrons. The van der Waals surface area contributed by atoms with E-state index in [0.717, 1.165) is 15.1 Å². The smallest absolute Gasteiger partial charge is 0.245 e. The van der Waals surface area contributed by atoms with Crippen LogP contribution in [0.3, 0.4) is 0 Å². The van der Waals surface area contributed by atoms with Crippen LogP contribution in [0.25, 0.3) is 10.8 Å². The van der Waals surface area contributed by atoms with E-state index >= 15 is 0 Å². The Labute approximate surface area is 170 Å². The highest BCUT2D eigenvalue weighted by molar-refractivity contribution is 7.89. The molecule has 1 aliphatic heterocycles. The minimum absolute atomic E-state index is 0.0437. The average molecular weight is 413 g/mol. The maximum atomic E-state index is 12.9. The molecule has 7 heteroatoms. The second-order valence-electron chi connectivity index (χ2n) is 6.50. The van der Waals surface area contributed by atoms with Gasteiger partial charge in [-0.2, -0.15) is 4.31 Å². The summed E-state index contributed by atoms with van der Waals surface area (Å²) in [6.07, 6.45) is -1.49. The third kappa shape index (κ3) is 3.76. The first-order chi connectivity index (χ1) is 13.9. The molecule has 0 aromatic heterocycles. The van der Waals surface area contributed by atoms with Crippen molar-refractivity contribution in [2.45, 2.75) is 30.9 Å². The number of para-hydroxylation sites is 1. The monoisotopic (exact) mass is 412 g/mol. The van der Waals surface area contributed by atoms with Crippen molar-refractivity contribution in [1.29, 1.82) is 0 Å². The van der Waals surface area contributed by atoms with Crippen molar-refractivity contribution in [2.75, 3.05) is 12.4 Å². The average Bonchev–Trinajstić information content (AvgIpc) is 2.74. The molecule has 152 valence electrons. The summed E-state index contributed by atoms with van der Waals surface area (Å²) in [6.45, 7) is 4.00. The molecule has 0 spiro atoms. The Hall–Kier alpha value is -2.74. The molecule has 29 heavy (non-hydrogen) atoms. The molecule has 1 heterocycles. The molecule has 2 unspecified atom stereocenters. The quantitative estimate of drug-likeness (QED) is 0.674. The summed E-state index contributed by atoms with van der Waals surface area (Å²) in [5.41, 5.74) is 0.876. The molecular formula is C22H24N2O4S. The van der Waals surface area contributed by atoms with Crippen LogP contribution in [0.15, 0.2) is 71.6 Å². The molecule has 2 N–H and O–H groups in total. The van der Waals surface area contributed by atoms with Gasteiger partial charge in [-0.05, 0) is 40.6 Å².